The van der Waals surface area contributed by atoms with Gasteiger partial charge in [0.15, 0.2) is 0 Å². The molecule has 0 amide bonds. The molecule has 2 aromatic carbocycles. The molecule has 0 aliphatic carbocycles. The molecule has 1 unspecified atom stereocenters. The minimum Gasteiger partial charge on any atom is -0.411 e. The van der Waals surface area contributed by atoms with Gasteiger partial charge in [0.2, 0.25) is 5.89 Å². The Morgan fingerprint density at radius 3 is 2.55 bits per heavy atom. The fraction of sp³-hybridized carbons (Fsp3) is 0.125. The van der Waals surface area contributed by atoms with Crippen molar-refractivity contribution in [1.82, 2.24) is 10.2 Å². The van der Waals surface area contributed by atoms with Gasteiger partial charge in [-0.1, -0.05) is 36.0 Å². The lowest BCUT2D eigenvalue weighted by Crippen LogP contribution is -1.88. The van der Waals surface area contributed by atoms with E-state index in [4.69, 9.17) is 4.42 Å². The predicted molar refractivity (Wildman–Crippen MR) is 88.1 cm³/mol. The summed E-state index contributed by atoms with van der Waals surface area (Å²) in [6.07, 6.45) is 0. The van der Waals surface area contributed by atoms with Crippen LogP contribution in [0.5, 0.6) is 0 Å². The molecule has 1 aromatic heterocycles. The van der Waals surface area contributed by atoms with Gasteiger partial charge in [0.1, 0.15) is 5.82 Å². The normalized spacial score (nSPS) is 12.3. The van der Waals surface area contributed by atoms with Gasteiger partial charge < -0.3 is 4.42 Å². The van der Waals surface area contributed by atoms with Gasteiger partial charge in [0.25, 0.3) is 5.22 Å². The van der Waals surface area contributed by atoms with Crippen molar-refractivity contribution in [3.63, 3.8) is 0 Å². The molecule has 3 rings (SSSR count). The first-order valence-electron chi connectivity index (χ1n) is 6.64. The Morgan fingerprint density at radius 1 is 1.09 bits per heavy atom. The van der Waals surface area contributed by atoms with Crippen molar-refractivity contribution in [3.05, 3.63) is 64.4 Å². The van der Waals surface area contributed by atoms with Crippen LogP contribution in [0.3, 0.4) is 0 Å². The van der Waals surface area contributed by atoms with Crippen molar-refractivity contribution in [1.29, 1.82) is 0 Å². The molecule has 0 spiro atoms. The van der Waals surface area contributed by atoms with Crippen LogP contribution in [0.2, 0.25) is 0 Å². The zero-order chi connectivity index (χ0) is 15.5. The molecule has 0 bridgehead atoms. The Balaban J connectivity index is 1.77. The fourth-order valence-electron chi connectivity index (χ4n) is 1.95. The standard InChI is InChI=1S/C16H12BrFN2OS/c1-10(11-6-8-12(18)9-7-11)22-16-20-19-15(21-16)13-4-2-3-5-14(13)17/h2-10H,1H3. The van der Waals surface area contributed by atoms with E-state index in [1.165, 1.54) is 23.9 Å². The number of thioether (sulfide) groups is 1. The van der Waals surface area contributed by atoms with Crippen LogP contribution >= 0.6 is 27.7 Å². The Hall–Kier alpha value is -1.66. The summed E-state index contributed by atoms with van der Waals surface area (Å²) in [5, 5.41) is 8.73. The van der Waals surface area contributed by atoms with Crippen molar-refractivity contribution in [2.75, 3.05) is 0 Å². The van der Waals surface area contributed by atoms with Crippen LogP contribution in [0.15, 0.2) is 62.6 Å². The monoisotopic (exact) mass is 378 g/mol. The Morgan fingerprint density at radius 2 is 1.82 bits per heavy atom. The third kappa shape index (κ3) is 3.39. The maximum Gasteiger partial charge on any atom is 0.277 e. The summed E-state index contributed by atoms with van der Waals surface area (Å²) in [7, 11) is 0. The molecule has 3 nitrogen and oxygen atoms in total. The van der Waals surface area contributed by atoms with Crippen molar-refractivity contribution in [2.45, 2.75) is 17.4 Å². The summed E-state index contributed by atoms with van der Waals surface area (Å²) in [5.41, 5.74) is 1.86. The van der Waals surface area contributed by atoms with Gasteiger partial charge in [-0.25, -0.2) is 4.39 Å². The smallest absolute Gasteiger partial charge is 0.277 e. The van der Waals surface area contributed by atoms with E-state index in [1.54, 1.807) is 12.1 Å². The number of halogens is 2. The molecule has 22 heavy (non-hydrogen) atoms. The highest BCUT2D eigenvalue weighted by molar-refractivity contribution is 9.10. The largest absolute Gasteiger partial charge is 0.411 e. The third-order valence-electron chi connectivity index (χ3n) is 3.13. The lowest BCUT2D eigenvalue weighted by molar-refractivity contribution is 0.465. The molecule has 0 N–H and O–H groups in total. The van der Waals surface area contributed by atoms with Gasteiger partial charge >= 0.3 is 0 Å². The number of hydrogen-bond acceptors (Lipinski definition) is 4. The van der Waals surface area contributed by atoms with E-state index in [0.717, 1.165) is 15.6 Å². The van der Waals surface area contributed by atoms with E-state index in [0.29, 0.717) is 11.1 Å². The first-order chi connectivity index (χ1) is 10.6. The number of hydrogen-bond donors (Lipinski definition) is 0. The fourth-order valence-corrected chi connectivity index (χ4v) is 3.22. The molecule has 1 atom stereocenters. The van der Waals surface area contributed by atoms with Gasteiger partial charge in [0, 0.05) is 9.72 Å². The van der Waals surface area contributed by atoms with Crippen LogP contribution in [0, 0.1) is 5.82 Å². The lowest BCUT2D eigenvalue weighted by atomic mass is 10.2. The van der Waals surface area contributed by atoms with E-state index in [1.807, 2.05) is 31.2 Å². The van der Waals surface area contributed by atoms with Gasteiger partial charge in [0.05, 0.1) is 5.56 Å². The summed E-state index contributed by atoms with van der Waals surface area (Å²) in [4.78, 5) is 0. The molecule has 1 heterocycles. The Bertz CT molecular complexity index is 776. The summed E-state index contributed by atoms with van der Waals surface area (Å²) >= 11 is 4.91. The van der Waals surface area contributed by atoms with Crippen LogP contribution in [0.25, 0.3) is 11.5 Å². The van der Waals surface area contributed by atoms with E-state index < -0.39 is 0 Å². The Kier molecular flexibility index (Phi) is 4.59. The average Bonchev–Trinajstić information content (AvgIpc) is 2.96. The number of benzene rings is 2. The topological polar surface area (TPSA) is 38.9 Å². The minimum atomic E-state index is -0.241. The molecule has 3 aromatic rings. The molecule has 0 aliphatic heterocycles. The third-order valence-corrected chi connectivity index (χ3v) is 4.81. The highest BCUT2D eigenvalue weighted by Gasteiger charge is 2.15. The molecule has 0 radical (unpaired) electrons. The number of aromatic nitrogens is 2. The molecule has 0 saturated heterocycles. The van der Waals surface area contributed by atoms with Crippen LogP contribution in [-0.4, -0.2) is 10.2 Å². The van der Waals surface area contributed by atoms with Crippen molar-refractivity contribution in [3.8, 4) is 11.5 Å². The van der Waals surface area contributed by atoms with E-state index in [-0.39, 0.29) is 11.1 Å². The number of rotatable bonds is 4. The highest BCUT2D eigenvalue weighted by atomic mass is 79.9. The van der Waals surface area contributed by atoms with Crippen molar-refractivity contribution < 1.29 is 8.81 Å². The van der Waals surface area contributed by atoms with E-state index in [9.17, 15) is 4.39 Å². The van der Waals surface area contributed by atoms with Crippen LogP contribution in [0.1, 0.15) is 17.7 Å². The van der Waals surface area contributed by atoms with Crippen molar-refractivity contribution in [2.24, 2.45) is 0 Å². The molecule has 0 fully saturated rings. The van der Waals surface area contributed by atoms with Crippen LogP contribution in [-0.2, 0) is 0 Å². The summed E-state index contributed by atoms with van der Waals surface area (Å²) in [6, 6.07) is 14.1. The zero-order valence-corrected chi connectivity index (χ0v) is 14.1. The van der Waals surface area contributed by atoms with Gasteiger partial charge in [-0.15, -0.1) is 10.2 Å². The van der Waals surface area contributed by atoms with E-state index >= 15 is 0 Å². The van der Waals surface area contributed by atoms with Crippen LogP contribution in [0.4, 0.5) is 4.39 Å². The first-order valence-corrected chi connectivity index (χ1v) is 8.31. The quantitative estimate of drug-likeness (QED) is 0.562. The van der Waals surface area contributed by atoms with E-state index in [2.05, 4.69) is 26.1 Å². The molecule has 0 aliphatic rings. The molecular formula is C16H12BrFN2OS. The number of nitrogens with zero attached hydrogens (tertiary/aromatic N) is 2. The second kappa shape index (κ2) is 6.62. The molecular weight excluding hydrogens is 367 g/mol. The molecule has 0 saturated carbocycles. The molecule has 6 heteroatoms. The zero-order valence-electron chi connectivity index (χ0n) is 11.7. The highest BCUT2D eigenvalue weighted by Crippen LogP contribution is 2.36. The Labute approximate surface area is 140 Å². The lowest BCUT2D eigenvalue weighted by Gasteiger charge is -2.08. The van der Waals surface area contributed by atoms with Gasteiger partial charge in [-0.05, 0) is 52.7 Å². The summed E-state index contributed by atoms with van der Waals surface area (Å²) < 4.78 is 19.6. The summed E-state index contributed by atoms with van der Waals surface area (Å²) in [6.45, 7) is 2.01. The maximum atomic E-state index is 13.0. The maximum absolute atomic E-state index is 13.0. The van der Waals surface area contributed by atoms with Crippen LogP contribution < -0.4 is 0 Å². The second-order valence-electron chi connectivity index (χ2n) is 4.66. The first kappa shape index (κ1) is 15.2. The summed E-state index contributed by atoms with van der Waals surface area (Å²) in [5.74, 6) is 0.233. The second-order valence-corrected chi connectivity index (χ2v) is 6.81. The minimum absolute atomic E-state index is 0.0908. The van der Waals surface area contributed by atoms with Gasteiger partial charge in [-0.3, -0.25) is 0 Å². The van der Waals surface area contributed by atoms with Crippen molar-refractivity contribution >= 4 is 27.7 Å². The molecule has 112 valence electrons. The SMILES string of the molecule is CC(Sc1nnc(-c2ccccc2Br)o1)c1ccc(F)cc1. The average molecular weight is 379 g/mol. The predicted octanol–water partition coefficient (Wildman–Crippen LogP) is 5.49. The van der Waals surface area contributed by atoms with Gasteiger partial charge in [-0.2, -0.15) is 0 Å².